The van der Waals surface area contributed by atoms with Gasteiger partial charge in [0.05, 0.1) is 24.2 Å². The standard InChI is InChI=1S/C48H66N10O7S2/c1-29(59)39(27-66-3)56-55-37(23-30-25-51-34-15-7-5-13-32(30)34)43(60)44(61)41-18-11-21-57(41)47(64)36(17-9-10-20-49)53-45(62)38(24-31-26-52-35-16-8-6-14-33(31)35)54-46(63)42-19-12-22-58(42)48(65)40(50-2)28-67-4/h5-8,13-16,25-26,36-42,50-52,55-56H,9-12,17-24,27-28,49H2,1-4H3,(H,53,62)(H,54,63)/t36-,37-,38?,39-,40-,41-,42-/m0/s1. The van der Waals surface area contributed by atoms with E-state index < -0.39 is 71.6 Å². The number of carbonyl (C=O) groups excluding carboxylic acids is 7. The van der Waals surface area contributed by atoms with Gasteiger partial charge in [0.1, 0.15) is 23.9 Å². The monoisotopic (exact) mass is 958 g/mol. The van der Waals surface area contributed by atoms with Crippen LogP contribution in [0, 0.1) is 0 Å². The van der Waals surface area contributed by atoms with E-state index in [1.807, 2.05) is 61.0 Å². The smallest absolute Gasteiger partial charge is 0.245 e. The third-order valence-electron chi connectivity index (χ3n) is 12.9. The highest BCUT2D eigenvalue weighted by atomic mass is 32.2. The first-order valence-electron chi connectivity index (χ1n) is 23.2. The van der Waals surface area contributed by atoms with Gasteiger partial charge in [0.2, 0.25) is 35.2 Å². The first kappa shape index (κ1) is 51.3. The number of para-hydroxylation sites is 2. The number of carbonyl (C=O) groups is 7. The lowest BCUT2D eigenvalue weighted by molar-refractivity contribution is -0.146. The fourth-order valence-corrected chi connectivity index (χ4v) is 10.5. The summed E-state index contributed by atoms with van der Waals surface area (Å²) in [6.07, 6.45) is 10.6. The lowest BCUT2D eigenvalue weighted by Gasteiger charge is -2.31. The zero-order chi connectivity index (χ0) is 48.0. The van der Waals surface area contributed by atoms with E-state index in [1.165, 1.54) is 35.3 Å². The summed E-state index contributed by atoms with van der Waals surface area (Å²) in [5, 5.41) is 10.7. The van der Waals surface area contributed by atoms with Crippen LogP contribution in [0.5, 0.6) is 0 Å². The van der Waals surface area contributed by atoms with Crippen molar-refractivity contribution >= 4 is 86.3 Å². The van der Waals surface area contributed by atoms with Crippen molar-refractivity contribution < 1.29 is 33.6 Å². The summed E-state index contributed by atoms with van der Waals surface area (Å²) in [5.41, 5.74) is 15.2. The number of likely N-dealkylation sites (tertiary alicyclic amines) is 2. The van der Waals surface area contributed by atoms with Crippen molar-refractivity contribution in [1.29, 1.82) is 0 Å². The van der Waals surface area contributed by atoms with E-state index in [0.29, 0.717) is 56.7 Å². The van der Waals surface area contributed by atoms with E-state index in [-0.39, 0.29) is 43.9 Å². The molecule has 0 bridgehead atoms. The predicted molar refractivity (Wildman–Crippen MR) is 264 cm³/mol. The van der Waals surface area contributed by atoms with E-state index in [2.05, 4.69) is 36.8 Å². The largest absolute Gasteiger partial charge is 0.361 e. The van der Waals surface area contributed by atoms with Gasteiger partial charge in [-0.25, -0.2) is 10.9 Å². The van der Waals surface area contributed by atoms with E-state index in [1.54, 1.807) is 24.3 Å². The third-order valence-corrected chi connectivity index (χ3v) is 14.2. The van der Waals surface area contributed by atoms with Crippen LogP contribution in [0.25, 0.3) is 21.8 Å². The molecule has 2 aliphatic heterocycles. The molecule has 362 valence electrons. The second-order valence-electron chi connectivity index (χ2n) is 17.4. The van der Waals surface area contributed by atoms with E-state index >= 15 is 0 Å². The molecule has 2 aromatic carbocycles. The Morgan fingerprint density at radius 2 is 1.24 bits per heavy atom. The number of amides is 4. The summed E-state index contributed by atoms with van der Waals surface area (Å²) in [6.45, 7) is 2.41. The van der Waals surface area contributed by atoms with Crippen molar-refractivity contribution in [3.8, 4) is 0 Å². The molecule has 0 saturated carbocycles. The number of likely N-dealkylation sites (N-methyl/N-ethyl adjacent to an activating group) is 1. The number of H-pyrrole nitrogens is 2. The van der Waals surface area contributed by atoms with Crippen LogP contribution in [0.1, 0.15) is 63.0 Å². The Bertz CT molecular complexity index is 2370. The molecule has 2 aliphatic rings. The number of aromatic nitrogens is 2. The van der Waals surface area contributed by atoms with Gasteiger partial charge in [0, 0.05) is 65.2 Å². The number of benzene rings is 2. The summed E-state index contributed by atoms with van der Waals surface area (Å²) < 4.78 is 0. The lowest BCUT2D eigenvalue weighted by atomic mass is 9.95. The number of hydrazine groups is 1. The number of aromatic amines is 2. The molecule has 6 rings (SSSR count). The number of Topliss-reactive ketones (excluding diaryl/α,β-unsaturated/α-hetero) is 3. The molecule has 0 radical (unpaired) electrons. The second-order valence-corrected chi connectivity index (χ2v) is 19.2. The van der Waals surface area contributed by atoms with Gasteiger partial charge in [-0.15, -0.1) is 0 Å². The third kappa shape index (κ3) is 12.7. The van der Waals surface area contributed by atoms with Crippen molar-refractivity contribution in [2.75, 3.05) is 50.7 Å². The first-order valence-corrected chi connectivity index (χ1v) is 26.0. The van der Waals surface area contributed by atoms with E-state index in [4.69, 9.17) is 5.73 Å². The first-order chi connectivity index (χ1) is 32.4. The minimum atomic E-state index is -1.15. The molecule has 2 aromatic heterocycles. The van der Waals surface area contributed by atoms with Gasteiger partial charge in [-0.1, -0.05) is 36.4 Å². The number of rotatable bonds is 26. The average Bonchev–Trinajstić information content (AvgIpc) is 4.17. The maximum absolute atomic E-state index is 14.8. The lowest BCUT2D eigenvalue weighted by Crippen LogP contribution is -2.59. The number of fused-ring (bicyclic) bond motifs is 2. The van der Waals surface area contributed by atoms with Crippen LogP contribution in [-0.4, -0.2) is 154 Å². The maximum Gasteiger partial charge on any atom is 0.245 e. The molecule has 2 saturated heterocycles. The van der Waals surface area contributed by atoms with Crippen LogP contribution in [0.4, 0.5) is 0 Å². The Hall–Kier alpha value is -5.05. The van der Waals surface area contributed by atoms with Crippen molar-refractivity contribution in [3.05, 3.63) is 72.1 Å². The van der Waals surface area contributed by atoms with Crippen molar-refractivity contribution in [1.82, 2.24) is 46.6 Å². The number of thioether (sulfide) groups is 2. The number of nitrogens with zero attached hydrogens (tertiary/aromatic N) is 2. The van der Waals surface area contributed by atoms with Gasteiger partial charge in [-0.3, -0.25) is 33.6 Å². The minimum Gasteiger partial charge on any atom is -0.361 e. The molecule has 19 heteroatoms. The number of hydrogen-bond acceptors (Lipinski definition) is 13. The van der Waals surface area contributed by atoms with Crippen LogP contribution < -0.4 is 32.5 Å². The van der Waals surface area contributed by atoms with Crippen molar-refractivity contribution in [3.63, 3.8) is 0 Å². The van der Waals surface area contributed by atoms with Gasteiger partial charge < -0.3 is 41.5 Å². The number of ketones is 3. The summed E-state index contributed by atoms with van der Waals surface area (Å²) in [5.74, 6) is -2.42. The molecule has 0 aliphatic carbocycles. The summed E-state index contributed by atoms with van der Waals surface area (Å²) in [6, 6.07) is 8.93. The molecule has 17 nitrogen and oxygen atoms in total. The van der Waals surface area contributed by atoms with E-state index in [9.17, 15) is 33.6 Å². The predicted octanol–water partition coefficient (Wildman–Crippen LogP) is 2.39. The van der Waals surface area contributed by atoms with Crippen molar-refractivity contribution in [2.45, 2.75) is 107 Å². The average molecular weight is 959 g/mol. The van der Waals surface area contributed by atoms with Crippen molar-refractivity contribution in [2.24, 2.45) is 5.73 Å². The van der Waals surface area contributed by atoms with Crippen LogP contribution in [0.2, 0.25) is 0 Å². The molecule has 9 N–H and O–H groups in total. The number of nitrogens with two attached hydrogens (primary N) is 1. The van der Waals surface area contributed by atoms with Gasteiger partial charge in [-0.2, -0.15) is 23.5 Å². The van der Waals surface area contributed by atoms with Gasteiger partial charge >= 0.3 is 0 Å². The van der Waals surface area contributed by atoms with Gasteiger partial charge in [-0.05, 0) is 108 Å². The Morgan fingerprint density at radius 1 is 0.701 bits per heavy atom. The molecule has 4 amide bonds. The molecule has 67 heavy (non-hydrogen) atoms. The summed E-state index contributed by atoms with van der Waals surface area (Å²) in [7, 11) is 1.72. The molecular formula is C48H66N10O7S2. The van der Waals surface area contributed by atoms with Gasteiger partial charge in [0.15, 0.2) is 0 Å². The number of nitrogens with one attached hydrogen (secondary N) is 7. The van der Waals surface area contributed by atoms with Crippen LogP contribution in [0.15, 0.2) is 60.9 Å². The molecule has 4 heterocycles. The zero-order valence-corrected chi connectivity index (χ0v) is 40.5. The zero-order valence-electron chi connectivity index (χ0n) is 38.9. The Labute approximate surface area is 400 Å². The quantitative estimate of drug-likeness (QED) is 0.0257. The summed E-state index contributed by atoms with van der Waals surface area (Å²) >= 11 is 2.99. The Balaban J connectivity index is 1.24. The van der Waals surface area contributed by atoms with Crippen LogP contribution >= 0.6 is 23.5 Å². The molecule has 4 aromatic rings. The molecule has 2 fully saturated rings. The highest BCUT2D eigenvalue weighted by molar-refractivity contribution is 7.98. The molecule has 0 spiro atoms. The van der Waals surface area contributed by atoms with Crippen LogP contribution in [-0.2, 0) is 46.4 Å². The molecular weight excluding hydrogens is 893 g/mol. The maximum atomic E-state index is 14.8. The fourth-order valence-electron chi connectivity index (χ4n) is 9.17. The van der Waals surface area contributed by atoms with E-state index in [0.717, 1.165) is 32.9 Å². The minimum absolute atomic E-state index is 0.0805. The highest BCUT2D eigenvalue weighted by Gasteiger charge is 2.43. The summed E-state index contributed by atoms with van der Waals surface area (Å²) in [4.78, 5) is 108. The normalized spacial score (nSPS) is 18.4. The Morgan fingerprint density at radius 3 is 1.82 bits per heavy atom. The fraction of sp³-hybridized carbons (Fsp3) is 0.521. The number of unbranched alkanes of at least 4 members (excludes halogenated alkanes) is 1. The highest BCUT2D eigenvalue weighted by Crippen LogP contribution is 2.25. The second kappa shape index (κ2) is 24.8. The van der Waals surface area contributed by atoms with Gasteiger partial charge in [0.25, 0.3) is 0 Å². The molecule has 7 atom stereocenters. The SMILES string of the molecule is CN[C@@H](CSC)C(=O)N1CCC[C@H]1C(=O)NC(Cc1c[nH]c2ccccc12)C(=O)N[C@@H](CCCCN)C(=O)N1CCC[C@H]1C(=O)C(=O)[C@H](Cc1c[nH]c2ccccc12)NN[C@@H](CSC)C(C)=O. The van der Waals surface area contributed by atoms with Crippen LogP contribution in [0.3, 0.4) is 0 Å². The Kier molecular flexibility index (Phi) is 19.0. The molecule has 1 unspecified atom stereocenters. The number of hydrogen-bond donors (Lipinski definition) is 8. The topological polar surface area (TPSA) is 244 Å².